The monoisotopic (exact) mass is 480 g/mol. The standard InChI is InChI=1S/C22H26BrClN2O3/c1-14(2)25-22(28)16(4)26(12-17-7-5-15(3)6-8-17)21(27)13-29-20-10-9-18(23)11-19(20)24/h5-11,14,16H,12-13H2,1-4H3,(H,25,28)/t16-/m1/s1. The van der Waals surface area contributed by atoms with E-state index in [2.05, 4.69) is 21.2 Å². The number of hydrogen-bond acceptors (Lipinski definition) is 3. The first-order chi connectivity index (χ1) is 13.7. The van der Waals surface area contributed by atoms with Gasteiger partial charge in [0.05, 0.1) is 5.02 Å². The molecule has 5 nitrogen and oxygen atoms in total. The Kier molecular flexibility index (Phi) is 8.53. The number of halogens is 2. The molecule has 0 bridgehead atoms. The topological polar surface area (TPSA) is 58.6 Å². The lowest BCUT2D eigenvalue weighted by Gasteiger charge is -2.29. The lowest BCUT2D eigenvalue weighted by Crippen LogP contribution is -2.50. The maximum absolute atomic E-state index is 13.0. The molecule has 2 aromatic carbocycles. The van der Waals surface area contributed by atoms with Gasteiger partial charge in [0.15, 0.2) is 6.61 Å². The van der Waals surface area contributed by atoms with Gasteiger partial charge in [-0.15, -0.1) is 0 Å². The van der Waals surface area contributed by atoms with E-state index in [0.717, 1.165) is 15.6 Å². The normalized spacial score (nSPS) is 11.8. The summed E-state index contributed by atoms with van der Waals surface area (Å²) in [5.74, 6) is -0.0871. The second-order valence-electron chi connectivity index (χ2n) is 7.21. The second-order valence-corrected chi connectivity index (χ2v) is 8.53. The van der Waals surface area contributed by atoms with Crippen LogP contribution in [0.15, 0.2) is 46.9 Å². The lowest BCUT2D eigenvalue weighted by molar-refractivity contribution is -0.142. The summed E-state index contributed by atoms with van der Waals surface area (Å²) in [6, 6.07) is 12.4. The molecule has 0 saturated carbocycles. The first-order valence-corrected chi connectivity index (χ1v) is 10.6. The van der Waals surface area contributed by atoms with Crippen molar-refractivity contribution in [2.24, 2.45) is 0 Å². The van der Waals surface area contributed by atoms with Crippen LogP contribution in [-0.2, 0) is 16.1 Å². The molecule has 2 aromatic rings. The second kappa shape index (κ2) is 10.6. The van der Waals surface area contributed by atoms with Crippen LogP contribution in [0.2, 0.25) is 5.02 Å². The van der Waals surface area contributed by atoms with Gasteiger partial charge in [-0.1, -0.05) is 57.4 Å². The fourth-order valence-corrected chi connectivity index (χ4v) is 3.42. The minimum Gasteiger partial charge on any atom is -0.482 e. The van der Waals surface area contributed by atoms with Gasteiger partial charge in [-0.25, -0.2) is 0 Å². The third-order valence-electron chi connectivity index (χ3n) is 4.32. The number of hydrogen-bond donors (Lipinski definition) is 1. The van der Waals surface area contributed by atoms with Crippen molar-refractivity contribution in [3.05, 3.63) is 63.1 Å². The van der Waals surface area contributed by atoms with Crippen molar-refractivity contribution in [3.63, 3.8) is 0 Å². The molecule has 0 spiro atoms. The van der Waals surface area contributed by atoms with Gasteiger partial charge in [-0.2, -0.15) is 0 Å². The average Bonchev–Trinajstić information content (AvgIpc) is 2.65. The maximum Gasteiger partial charge on any atom is 0.261 e. The average molecular weight is 482 g/mol. The van der Waals surface area contributed by atoms with E-state index < -0.39 is 6.04 Å². The van der Waals surface area contributed by atoms with Gasteiger partial charge in [0.2, 0.25) is 5.91 Å². The molecule has 29 heavy (non-hydrogen) atoms. The molecule has 1 atom stereocenters. The summed E-state index contributed by atoms with van der Waals surface area (Å²) in [6.07, 6.45) is 0. The first-order valence-electron chi connectivity index (χ1n) is 9.40. The van der Waals surface area contributed by atoms with Crippen molar-refractivity contribution >= 4 is 39.3 Å². The van der Waals surface area contributed by atoms with Crippen molar-refractivity contribution in [1.29, 1.82) is 0 Å². The van der Waals surface area contributed by atoms with Crippen LogP contribution in [0.3, 0.4) is 0 Å². The number of ether oxygens (including phenoxy) is 1. The molecule has 0 aliphatic heterocycles. The summed E-state index contributed by atoms with van der Waals surface area (Å²) in [5, 5.41) is 3.27. The van der Waals surface area contributed by atoms with E-state index in [1.165, 1.54) is 4.90 Å². The van der Waals surface area contributed by atoms with Crippen LogP contribution in [0, 0.1) is 6.92 Å². The third kappa shape index (κ3) is 7.05. The Morgan fingerprint density at radius 1 is 1.14 bits per heavy atom. The van der Waals surface area contributed by atoms with Gasteiger partial charge in [0, 0.05) is 17.1 Å². The molecule has 0 aliphatic rings. The summed E-state index contributed by atoms with van der Waals surface area (Å²) < 4.78 is 6.45. The predicted octanol–water partition coefficient (Wildman–Crippen LogP) is 4.73. The van der Waals surface area contributed by atoms with E-state index in [1.807, 2.05) is 45.0 Å². The third-order valence-corrected chi connectivity index (χ3v) is 5.11. The van der Waals surface area contributed by atoms with Gasteiger partial charge in [-0.3, -0.25) is 9.59 Å². The highest BCUT2D eigenvalue weighted by Crippen LogP contribution is 2.27. The van der Waals surface area contributed by atoms with E-state index in [9.17, 15) is 9.59 Å². The zero-order valence-corrected chi connectivity index (χ0v) is 19.4. The molecular formula is C22H26BrClN2O3. The SMILES string of the molecule is Cc1ccc(CN(C(=O)COc2ccc(Br)cc2Cl)[C@H](C)C(=O)NC(C)C)cc1. The fourth-order valence-electron chi connectivity index (χ4n) is 2.69. The molecule has 0 radical (unpaired) electrons. The quantitative estimate of drug-likeness (QED) is 0.593. The molecule has 0 fully saturated rings. The highest BCUT2D eigenvalue weighted by atomic mass is 79.9. The minimum atomic E-state index is -0.643. The Morgan fingerprint density at radius 3 is 2.38 bits per heavy atom. The zero-order valence-electron chi connectivity index (χ0n) is 17.0. The highest BCUT2D eigenvalue weighted by molar-refractivity contribution is 9.10. The summed E-state index contributed by atoms with van der Waals surface area (Å²) in [7, 11) is 0. The van der Waals surface area contributed by atoms with Crippen LogP contribution in [-0.4, -0.2) is 35.4 Å². The van der Waals surface area contributed by atoms with Gasteiger partial charge in [0.1, 0.15) is 11.8 Å². The molecule has 0 unspecified atom stereocenters. The van der Waals surface area contributed by atoms with Gasteiger partial charge >= 0.3 is 0 Å². The van der Waals surface area contributed by atoms with Gasteiger partial charge in [0.25, 0.3) is 5.91 Å². The Morgan fingerprint density at radius 2 is 1.79 bits per heavy atom. The summed E-state index contributed by atoms with van der Waals surface area (Å²) in [6.45, 7) is 7.58. The van der Waals surface area contributed by atoms with Crippen molar-refractivity contribution in [1.82, 2.24) is 10.2 Å². The first kappa shape index (κ1) is 23.2. The Bertz CT molecular complexity index is 856. The Labute approximate surface area is 185 Å². The molecule has 2 rings (SSSR count). The summed E-state index contributed by atoms with van der Waals surface area (Å²) in [4.78, 5) is 27.0. The number of carbonyl (C=O) groups excluding carboxylic acids is 2. The van der Waals surface area contributed by atoms with Crippen LogP contribution in [0.5, 0.6) is 5.75 Å². The van der Waals surface area contributed by atoms with Crippen molar-refractivity contribution < 1.29 is 14.3 Å². The number of carbonyl (C=O) groups is 2. The zero-order chi connectivity index (χ0) is 21.6. The van der Waals surface area contributed by atoms with E-state index in [0.29, 0.717) is 17.3 Å². The molecule has 2 amide bonds. The molecular weight excluding hydrogens is 456 g/mol. The maximum atomic E-state index is 13.0. The molecule has 0 heterocycles. The Balaban J connectivity index is 2.16. The molecule has 7 heteroatoms. The van der Waals surface area contributed by atoms with Crippen molar-refractivity contribution in [3.8, 4) is 5.75 Å². The number of amides is 2. The number of benzene rings is 2. The molecule has 0 aromatic heterocycles. The molecule has 1 N–H and O–H groups in total. The van der Waals surface area contributed by atoms with E-state index in [-0.39, 0.29) is 24.5 Å². The smallest absolute Gasteiger partial charge is 0.261 e. The molecule has 0 aliphatic carbocycles. The van der Waals surface area contributed by atoms with E-state index >= 15 is 0 Å². The molecule has 156 valence electrons. The van der Waals surface area contributed by atoms with Crippen LogP contribution >= 0.6 is 27.5 Å². The Hall–Kier alpha value is -2.05. The van der Waals surface area contributed by atoms with Crippen molar-refractivity contribution in [2.75, 3.05) is 6.61 Å². The predicted molar refractivity (Wildman–Crippen MR) is 119 cm³/mol. The van der Waals surface area contributed by atoms with Crippen LogP contribution < -0.4 is 10.1 Å². The number of nitrogens with zero attached hydrogens (tertiary/aromatic N) is 1. The lowest BCUT2D eigenvalue weighted by atomic mass is 10.1. The van der Waals surface area contributed by atoms with Crippen LogP contribution in [0.25, 0.3) is 0 Å². The van der Waals surface area contributed by atoms with Crippen molar-refractivity contribution in [2.45, 2.75) is 46.3 Å². The van der Waals surface area contributed by atoms with Gasteiger partial charge < -0.3 is 15.0 Å². The van der Waals surface area contributed by atoms with E-state index in [4.69, 9.17) is 16.3 Å². The highest BCUT2D eigenvalue weighted by Gasteiger charge is 2.27. The number of aryl methyl sites for hydroxylation is 1. The number of nitrogens with one attached hydrogen (secondary N) is 1. The van der Waals surface area contributed by atoms with Gasteiger partial charge in [-0.05, 0) is 51.5 Å². The van der Waals surface area contributed by atoms with Crippen LogP contribution in [0.1, 0.15) is 31.9 Å². The van der Waals surface area contributed by atoms with E-state index in [1.54, 1.807) is 25.1 Å². The summed E-state index contributed by atoms with van der Waals surface area (Å²) >= 11 is 9.50. The molecule has 0 saturated heterocycles. The largest absolute Gasteiger partial charge is 0.482 e. The van der Waals surface area contributed by atoms with Crippen LogP contribution in [0.4, 0.5) is 0 Å². The fraction of sp³-hybridized carbons (Fsp3) is 0.364. The number of rotatable bonds is 8. The minimum absolute atomic E-state index is 0.0147. The summed E-state index contributed by atoms with van der Waals surface area (Å²) in [5.41, 5.74) is 2.07.